The van der Waals surface area contributed by atoms with Crippen LogP contribution >= 0.6 is 0 Å². The molecule has 0 saturated heterocycles. The standard InChI is InChI=1S/C19H29NO/c1-12-6-7-15(16(21)10-12)13(2)20-17-18(3,4)14-8-9-19(17,5)11-14/h6-7,10,13-14,17,20-21H,8-9,11H2,1-5H3. The number of fused-ring (bicyclic) bond motifs is 2. The van der Waals surface area contributed by atoms with Gasteiger partial charge in [-0.05, 0) is 61.5 Å². The largest absolute Gasteiger partial charge is 0.508 e. The first kappa shape index (κ1) is 14.9. The van der Waals surface area contributed by atoms with Crippen molar-refractivity contribution in [1.29, 1.82) is 0 Å². The lowest BCUT2D eigenvalue weighted by Gasteiger charge is -2.44. The first-order valence-corrected chi connectivity index (χ1v) is 8.29. The van der Waals surface area contributed by atoms with Gasteiger partial charge in [0.15, 0.2) is 0 Å². The summed E-state index contributed by atoms with van der Waals surface area (Å²) >= 11 is 0. The lowest BCUT2D eigenvalue weighted by molar-refractivity contribution is 0.0999. The molecule has 0 aromatic heterocycles. The molecule has 0 aliphatic heterocycles. The van der Waals surface area contributed by atoms with Crippen LogP contribution in [-0.2, 0) is 0 Å². The van der Waals surface area contributed by atoms with Crippen LogP contribution in [0.4, 0.5) is 0 Å². The van der Waals surface area contributed by atoms with Gasteiger partial charge in [0.05, 0.1) is 0 Å². The summed E-state index contributed by atoms with van der Waals surface area (Å²) in [6, 6.07) is 6.72. The van der Waals surface area contributed by atoms with Gasteiger partial charge in [0.2, 0.25) is 0 Å². The van der Waals surface area contributed by atoms with E-state index in [1.54, 1.807) is 0 Å². The minimum absolute atomic E-state index is 0.186. The van der Waals surface area contributed by atoms with Gasteiger partial charge in [0, 0.05) is 17.6 Å². The predicted molar refractivity (Wildman–Crippen MR) is 87.4 cm³/mol. The molecular weight excluding hydrogens is 258 g/mol. The van der Waals surface area contributed by atoms with Gasteiger partial charge >= 0.3 is 0 Å². The average Bonchev–Trinajstić information content (AvgIpc) is 2.85. The molecule has 2 N–H and O–H groups in total. The maximum Gasteiger partial charge on any atom is 0.120 e. The summed E-state index contributed by atoms with van der Waals surface area (Å²) in [5, 5.41) is 14.1. The molecule has 1 aromatic rings. The quantitative estimate of drug-likeness (QED) is 0.853. The van der Waals surface area contributed by atoms with E-state index in [4.69, 9.17) is 0 Å². The summed E-state index contributed by atoms with van der Waals surface area (Å²) in [5.41, 5.74) is 2.89. The number of rotatable bonds is 3. The Kier molecular flexibility index (Phi) is 3.36. The molecule has 2 heteroatoms. The van der Waals surface area contributed by atoms with E-state index in [0.717, 1.165) is 17.0 Å². The van der Waals surface area contributed by atoms with Crippen LogP contribution in [-0.4, -0.2) is 11.1 Å². The topological polar surface area (TPSA) is 32.3 Å². The highest BCUT2D eigenvalue weighted by Gasteiger charge is 2.59. The average molecular weight is 287 g/mol. The van der Waals surface area contributed by atoms with E-state index >= 15 is 0 Å². The van der Waals surface area contributed by atoms with Crippen LogP contribution in [0.1, 0.15) is 64.1 Å². The first-order chi connectivity index (χ1) is 9.74. The highest BCUT2D eigenvalue weighted by Crippen LogP contribution is 2.62. The van der Waals surface area contributed by atoms with Gasteiger partial charge in [-0.15, -0.1) is 0 Å². The van der Waals surface area contributed by atoms with Crippen LogP contribution in [0.2, 0.25) is 0 Å². The van der Waals surface area contributed by atoms with Crippen molar-refractivity contribution in [3.8, 4) is 5.75 Å². The molecule has 0 spiro atoms. The summed E-state index contributed by atoms with van der Waals surface area (Å²) in [6.45, 7) is 11.5. The highest BCUT2D eigenvalue weighted by molar-refractivity contribution is 5.38. The highest BCUT2D eigenvalue weighted by atomic mass is 16.3. The van der Waals surface area contributed by atoms with Gasteiger partial charge in [0.1, 0.15) is 5.75 Å². The Labute approximate surface area is 129 Å². The zero-order chi connectivity index (χ0) is 15.4. The summed E-state index contributed by atoms with van der Waals surface area (Å²) in [7, 11) is 0. The van der Waals surface area contributed by atoms with Crippen molar-refractivity contribution < 1.29 is 5.11 Å². The number of hydrogen-bond acceptors (Lipinski definition) is 2. The maximum atomic E-state index is 10.2. The minimum Gasteiger partial charge on any atom is -0.508 e. The molecule has 1 aromatic carbocycles. The van der Waals surface area contributed by atoms with E-state index in [2.05, 4.69) is 45.1 Å². The second-order valence-corrected chi connectivity index (χ2v) is 8.30. The number of phenolic OH excluding ortho intramolecular Hbond substituents is 1. The molecule has 2 fully saturated rings. The monoisotopic (exact) mass is 287 g/mol. The zero-order valence-corrected chi connectivity index (χ0v) is 14.0. The van der Waals surface area contributed by atoms with Crippen molar-refractivity contribution in [2.45, 2.75) is 66.0 Å². The fraction of sp³-hybridized carbons (Fsp3) is 0.684. The normalized spacial score (nSPS) is 35.1. The van der Waals surface area contributed by atoms with Gasteiger partial charge in [-0.3, -0.25) is 0 Å². The fourth-order valence-electron chi connectivity index (χ4n) is 5.08. The lowest BCUT2D eigenvalue weighted by Crippen LogP contribution is -2.50. The maximum absolute atomic E-state index is 10.2. The molecule has 0 heterocycles. The Morgan fingerprint density at radius 2 is 2.00 bits per heavy atom. The van der Waals surface area contributed by atoms with Crippen LogP contribution in [0.15, 0.2) is 18.2 Å². The Morgan fingerprint density at radius 1 is 1.29 bits per heavy atom. The first-order valence-electron chi connectivity index (χ1n) is 8.29. The van der Waals surface area contributed by atoms with Gasteiger partial charge in [-0.25, -0.2) is 0 Å². The SMILES string of the molecule is Cc1ccc(C(C)NC2C3(C)CCC(C3)C2(C)C)c(O)c1. The summed E-state index contributed by atoms with van der Waals surface area (Å²) < 4.78 is 0. The van der Waals surface area contributed by atoms with Crippen molar-refractivity contribution >= 4 is 0 Å². The molecule has 21 heavy (non-hydrogen) atoms. The molecule has 4 unspecified atom stereocenters. The van der Waals surface area contributed by atoms with Gasteiger partial charge in [-0.1, -0.05) is 32.9 Å². The third-order valence-corrected chi connectivity index (χ3v) is 6.34. The fourth-order valence-corrected chi connectivity index (χ4v) is 5.08. The van der Waals surface area contributed by atoms with Crippen molar-refractivity contribution in [2.24, 2.45) is 16.7 Å². The number of aromatic hydroxyl groups is 1. The third-order valence-electron chi connectivity index (χ3n) is 6.34. The lowest BCUT2D eigenvalue weighted by atomic mass is 9.68. The van der Waals surface area contributed by atoms with E-state index in [1.807, 2.05) is 13.0 Å². The number of hydrogen-bond donors (Lipinski definition) is 2. The molecule has 2 bridgehead atoms. The molecule has 0 radical (unpaired) electrons. The number of phenols is 1. The Bertz CT molecular complexity index is 546. The molecule has 2 aliphatic carbocycles. The van der Waals surface area contributed by atoms with E-state index < -0.39 is 0 Å². The van der Waals surface area contributed by atoms with Crippen LogP contribution in [0.3, 0.4) is 0 Å². The second kappa shape index (κ2) is 4.74. The smallest absolute Gasteiger partial charge is 0.120 e. The molecule has 116 valence electrons. The molecule has 4 atom stereocenters. The number of nitrogens with one attached hydrogen (secondary N) is 1. The van der Waals surface area contributed by atoms with E-state index in [0.29, 0.717) is 22.6 Å². The van der Waals surface area contributed by atoms with Crippen molar-refractivity contribution in [1.82, 2.24) is 5.32 Å². The Morgan fingerprint density at radius 3 is 2.57 bits per heavy atom. The second-order valence-electron chi connectivity index (χ2n) is 8.30. The minimum atomic E-state index is 0.186. The zero-order valence-electron chi connectivity index (χ0n) is 14.0. The molecular formula is C19H29NO. The molecule has 2 aliphatic rings. The van der Waals surface area contributed by atoms with Crippen molar-refractivity contribution in [3.63, 3.8) is 0 Å². The molecule has 2 saturated carbocycles. The summed E-state index contributed by atoms with van der Waals surface area (Å²) in [5.74, 6) is 1.26. The van der Waals surface area contributed by atoms with Gasteiger partial charge < -0.3 is 10.4 Å². The van der Waals surface area contributed by atoms with Crippen LogP contribution in [0, 0.1) is 23.7 Å². The van der Waals surface area contributed by atoms with Gasteiger partial charge in [-0.2, -0.15) is 0 Å². The molecule has 3 rings (SSSR count). The van der Waals surface area contributed by atoms with E-state index in [1.165, 1.54) is 19.3 Å². The van der Waals surface area contributed by atoms with E-state index in [9.17, 15) is 5.11 Å². The van der Waals surface area contributed by atoms with Crippen molar-refractivity contribution in [3.05, 3.63) is 29.3 Å². The Hall–Kier alpha value is -1.02. The van der Waals surface area contributed by atoms with E-state index in [-0.39, 0.29) is 6.04 Å². The predicted octanol–water partition coefficient (Wildman–Crippen LogP) is 4.57. The van der Waals surface area contributed by atoms with Crippen molar-refractivity contribution in [2.75, 3.05) is 0 Å². The number of benzene rings is 1. The van der Waals surface area contributed by atoms with Crippen LogP contribution in [0.25, 0.3) is 0 Å². The summed E-state index contributed by atoms with van der Waals surface area (Å²) in [4.78, 5) is 0. The molecule has 2 nitrogen and oxygen atoms in total. The summed E-state index contributed by atoms with van der Waals surface area (Å²) in [6.07, 6.45) is 4.07. The van der Waals surface area contributed by atoms with Crippen LogP contribution < -0.4 is 5.32 Å². The van der Waals surface area contributed by atoms with Gasteiger partial charge in [0.25, 0.3) is 0 Å². The molecule has 0 amide bonds. The third kappa shape index (κ3) is 2.28. The Balaban J connectivity index is 1.83. The number of aryl methyl sites for hydroxylation is 1. The van der Waals surface area contributed by atoms with Crippen LogP contribution in [0.5, 0.6) is 5.75 Å².